The highest BCUT2D eigenvalue weighted by Gasteiger charge is 2.63. The Morgan fingerprint density at radius 2 is 1.82 bits per heavy atom. The fraction of sp³-hybridized carbons (Fsp3) is 0.594. The molecule has 0 radical (unpaired) electrons. The molecule has 3 aliphatic carbocycles. The molecule has 6 nitrogen and oxygen atoms in total. The number of ether oxygens (including phenoxy) is 3. The Morgan fingerprint density at radius 1 is 1.05 bits per heavy atom. The van der Waals surface area contributed by atoms with Crippen LogP contribution in [0, 0.1) is 24.2 Å². The first-order valence-corrected chi connectivity index (χ1v) is 15.9. The van der Waals surface area contributed by atoms with Gasteiger partial charge < -0.3 is 14.2 Å². The Bertz CT molecular complexity index is 1320. The molecule has 0 aliphatic heterocycles. The summed E-state index contributed by atoms with van der Waals surface area (Å²) in [5, 5.41) is 0. The van der Waals surface area contributed by atoms with Gasteiger partial charge in [-0.3, -0.25) is 0 Å². The minimum Gasteiger partial charge on any atom is -0.497 e. The highest BCUT2D eigenvalue weighted by molar-refractivity contribution is 7.90. The van der Waals surface area contributed by atoms with Crippen molar-refractivity contribution in [2.45, 2.75) is 88.6 Å². The van der Waals surface area contributed by atoms with Gasteiger partial charge in [-0.1, -0.05) is 37.6 Å². The molecule has 0 aromatic heterocycles. The maximum Gasteiger partial charge on any atom is 0.285 e. The summed E-state index contributed by atoms with van der Waals surface area (Å²) in [6.07, 6.45) is 7.46. The predicted molar refractivity (Wildman–Crippen MR) is 154 cm³/mol. The zero-order chi connectivity index (χ0) is 27.8. The third-order valence-electron chi connectivity index (χ3n) is 10.1. The summed E-state index contributed by atoms with van der Waals surface area (Å²) in [7, 11) is -0.375. The van der Waals surface area contributed by atoms with Crippen molar-refractivity contribution >= 4 is 15.9 Å². The van der Waals surface area contributed by atoms with Crippen LogP contribution in [0.2, 0.25) is 0 Å². The van der Waals surface area contributed by atoms with Gasteiger partial charge in [-0.05, 0) is 105 Å². The zero-order valence-corrected chi connectivity index (χ0v) is 24.9. The van der Waals surface area contributed by atoms with E-state index in [9.17, 15) is 8.42 Å². The van der Waals surface area contributed by atoms with Crippen molar-refractivity contribution in [1.29, 1.82) is 0 Å². The van der Waals surface area contributed by atoms with Crippen molar-refractivity contribution in [3.8, 4) is 5.75 Å². The molecule has 7 heteroatoms. The van der Waals surface area contributed by atoms with Crippen LogP contribution in [-0.2, 0) is 25.9 Å². The molecular formula is C32H43NO5S. The van der Waals surface area contributed by atoms with Gasteiger partial charge >= 0.3 is 0 Å². The third kappa shape index (κ3) is 5.01. The Balaban J connectivity index is 1.44. The van der Waals surface area contributed by atoms with Gasteiger partial charge in [0.1, 0.15) is 5.75 Å². The molecule has 0 heterocycles. The lowest BCUT2D eigenvalue weighted by Gasteiger charge is -2.54. The van der Waals surface area contributed by atoms with Crippen LogP contribution >= 0.6 is 0 Å². The minimum absolute atomic E-state index is 0.0865. The number of benzene rings is 2. The summed E-state index contributed by atoms with van der Waals surface area (Å²) in [6, 6.07) is 13.4. The summed E-state index contributed by atoms with van der Waals surface area (Å²) in [5.74, 6) is 2.86. The number of fused-ring (bicyclic) bond motifs is 5. The van der Waals surface area contributed by atoms with E-state index in [1.807, 2.05) is 13.8 Å². The van der Waals surface area contributed by atoms with E-state index in [4.69, 9.17) is 14.2 Å². The van der Waals surface area contributed by atoms with Crippen LogP contribution in [0.15, 0.2) is 51.8 Å². The Kier molecular flexibility index (Phi) is 7.86. The van der Waals surface area contributed by atoms with Crippen LogP contribution in [0.4, 0.5) is 0 Å². The first-order valence-electron chi connectivity index (χ1n) is 14.4. The standard InChI is InChI=1S/C32H43NO5S/c1-6-19-38-30(33-39(34,35)25-11-7-22(2)8-12-25)21-32(37-5)18-16-29-28-13-9-23-20-24(36-4)10-14-26(23)27(28)15-17-31(29,32)3/h7-8,10-12,14,20,27-29H,6,9,13,15-19,21H2,1-5H3/b33-30+/t27-,28-,29+,31+,32-/m1/s1. The van der Waals surface area contributed by atoms with Gasteiger partial charge in [-0.2, -0.15) is 8.42 Å². The maximum absolute atomic E-state index is 13.3. The largest absolute Gasteiger partial charge is 0.497 e. The van der Waals surface area contributed by atoms with Gasteiger partial charge in [0, 0.05) is 12.5 Å². The molecule has 3 aliphatic rings. The topological polar surface area (TPSA) is 74.2 Å². The van der Waals surface area contributed by atoms with E-state index in [0.29, 0.717) is 30.8 Å². The molecule has 0 N–H and O–H groups in total. The van der Waals surface area contributed by atoms with Crippen molar-refractivity contribution in [1.82, 2.24) is 0 Å². The predicted octanol–water partition coefficient (Wildman–Crippen LogP) is 6.85. The lowest BCUT2D eigenvalue weighted by Crippen LogP contribution is -2.53. The number of hydrogen-bond donors (Lipinski definition) is 0. The Morgan fingerprint density at radius 3 is 2.51 bits per heavy atom. The molecule has 5 atom stereocenters. The molecule has 0 spiro atoms. The number of rotatable bonds is 8. The molecule has 2 aromatic carbocycles. The van der Waals surface area contributed by atoms with Crippen molar-refractivity contribution in [3.05, 3.63) is 59.2 Å². The highest BCUT2D eigenvalue weighted by atomic mass is 32.2. The normalized spacial score (nSPS) is 30.3. The Hall–Kier alpha value is -2.38. The number of sulfonamides is 1. The number of methoxy groups -OCH3 is 2. The molecule has 2 fully saturated rings. The van der Waals surface area contributed by atoms with Crippen molar-refractivity contribution in [2.24, 2.45) is 21.6 Å². The lowest BCUT2D eigenvalue weighted by atomic mass is 9.53. The average Bonchev–Trinajstić information content (AvgIpc) is 3.23. The number of nitrogens with zero attached hydrogens (tertiary/aromatic N) is 1. The van der Waals surface area contributed by atoms with Gasteiger partial charge in [0.15, 0.2) is 0 Å². The van der Waals surface area contributed by atoms with E-state index in [1.54, 1.807) is 38.5 Å². The average molecular weight is 554 g/mol. The van der Waals surface area contributed by atoms with E-state index in [-0.39, 0.29) is 16.2 Å². The van der Waals surface area contributed by atoms with E-state index in [1.165, 1.54) is 17.5 Å². The lowest BCUT2D eigenvalue weighted by molar-refractivity contribution is -0.123. The van der Waals surface area contributed by atoms with Gasteiger partial charge in [-0.15, -0.1) is 4.40 Å². The fourth-order valence-electron chi connectivity index (χ4n) is 7.95. The highest BCUT2D eigenvalue weighted by Crippen LogP contribution is 2.66. The summed E-state index contributed by atoms with van der Waals surface area (Å²) in [5.41, 5.74) is 3.32. The second-order valence-electron chi connectivity index (χ2n) is 12.0. The first kappa shape index (κ1) is 28.2. The van der Waals surface area contributed by atoms with Crippen LogP contribution < -0.4 is 4.74 Å². The SMILES string of the molecule is CCCO/C(C[C@]1(OC)CC[C@H]2[C@@H]3CCc4cc(OC)ccc4[C@H]3CC[C@@]21C)=N/S(=O)(=O)c1ccc(C)cc1. The second kappa shape index (κ2) is 10.9. The van der Waals surface area contributed by atoms with Crippen LogP contribution in [0.5, 0.6) is 5.75 Å². The first-order chi connectivity index (χ1) is 18.7. The van der Waals surface area contributed by atoms with Gasteiger partial charge in [0.25, 0.3) is 10.0 Å². The van der Waals surface area contributed by atoms with E-state index in [2.05, 4.69) is 29.5 Å². The monoisotopic (exact) mass is 553 g/mol. The minimum atomic E-state index is -3.89. The van der Waals surface area contributed by atoms with Crippen LogP contribution in [0.1, 0.15) is 81.4 Å². The summed E-state index contributed by atoms with van der Waals surface area (Å²) < 4.78 is 48.8. The smallest absolute Gasteiger partial charge is 0.285 e. The van der Waals surface area contributed by atoms with Crippen molar-refractivity contribution in [2.75, 3.05) is 20.8 Å². The number of aryl methyl sites for hydroxylation is 2. The third-order valence-corrected chi connectivity index (χ3v) is 11.4. The molecule has 39 heavy (non-hydrogen) atoms. The van der Waals surface area contributed by atoms with E-state index < -0.39 is 15.6 Å². The molecule has 2 aromatic rings. The summed E-state index contributed by atoms with van der Waals surface area (Å²) in [4.78, 5) is 0.186. The van der Waals surface area contributed by atoms with E-state index >= 15 is 0 Å². The van der Waals surface area contributed by atoms with Crippen LogP contribution in [0.25, 0.3) is 0 Å². The van der Waals surface area contributed by atoms with Gasteiger partial charge in [0.05, 0.1) is 30.6 Å². The quantitative estimate of drug-likeness (QED) is 0.264. The van der Waals surface area contributed by atoms with Gasteiger partial charge in [0.2, 0.25) is 5.90 Å². The van der Waals surface area contributed by atoms with Crippen molar-refractivity contribution < 1.29 is 22.6 Å². The molecule has 0 bridgehead atoms. The molecule has 212 valence electrons. The van der Waals surface area contributed by atoms with Crippen molar-refractivity contribution in [3.63, 3.8) is 0 Å². The second-order valence-corrected chi connectivity index (χ2v) is 13.6. The summed E-state index contributed by atoms with van der Waals surface area (Å²) in [6.45, 7) is 6.75. The van der Waals surface area contributed by atoms with E-state index in [0.717, 1.165) is 49.8 Å². The van der Waals surface area contributed by atoms with Gasteiger partial charge in [-0.25, -0.2) is 0 Å². The maximum atomic E-state index is 13.3. The van der Waals surface area contributed by atoms with Crippen LogP contribution in [-0.4, -0.2) is 40.7 Å². The molecule has 5 rings (SSSR count). The number of hydrogen-bond acceptors (Lipinski definition) is 5. The van der Waals surface area contributed by atoms with Crippen LogP contribution in [0.3, 0.4) is 0 Å². The molecule has 0 amide bonds. The molecule has 0 unspecified atom stereocenters. The zero-order valence-electron chi connectivity index (χ0n) is 24.0. The molecular weight excluding hydrogens is 510 g/mol. The fourth-order valence-corrected chi connectivity index (χ4v) is 8.92. The summed E-state index contributed by atoms with van der Waals surface area (Å²) >= 11 is 0. The molecule has 2 saturated carbocycles. The Labute approximate surface area is 234 Å². The molecule has 0 saturated heterocycles.